The van der Waals surface area contributed by atoms with Crippen molar-refractivity contribution < 1.29 is 24.5 Å². The summed E-state index contributed by atoms with van der Waals surface area (Å²) in [6, 6.07) is 20.7. The zero-order valence-electron chi connectivity index (χ0n) is 18.6. The number of benzene rings is 3. The largest absolute Gasteiger partial charge is 0.478 e. The molecule has 2 aliphatic rings. The van der Waals surface area contributed by atoms with Gasteiger partial charge in [-0.05, 0) is 54.3 Å². The molecule has 6 heteroatoms. The van der Waals surface area contributed by atoms with Crippen molar-refractivity contribution in [2.75, 3.05) is 7.11 Å². The number of hydrogen-bond donors (Lipinski definition) is 2. The Kier molecular flexibility index (Phi) is 5.16. The van der Waals surface area contributed by atoms with E-state index in [0.29, 0.717) is 16.9 Å². The summed E-state index contributed by atoms with van der Waals surface area (Å²) in [5, 5.41) is 24.3. The number of halogens is 1. The Balaban J connectivity index is 1.89. The summed E-state index contributed by atoms with van der Waals surface area (Å²) in [5.41, 5.74) is 0.394. The van der Waals surface area contributed by atoms with Crippen LogP contribution in [0.15, 0.2) is 71.2 Å². The third-order valence-electron chi connectivity index (χ3n) is 7.13. The molecule has 5 atom stereocenters. The summed E-state index contributed by atoms with van der Waals surface area (Å²) in [6.07, 6.45) is -1.46. The summed E-state index contributed by atoms with van der Waals surface area (Å²) in [6.45, 7) is 3.85. The van der Waals surface area contributed by atoms with Crippen molar-refractivity contribution >= 4 is 21.9 Å². The zero-order chi connectivity index (χ0) is 23.5. The Morgan fingerprint density at radius 2 is 1.73 bits per heavy atom. The van der Waals surface area contributed by atoms with E-state index < -0.39 is 35.1 Å². The molecule has 1 aliphatic heterocycles. The van der Waals surface area contributed by atoms with Gasteiger partial charge < -0.3 is 19.7 Å². The first-order valence-corrected chi connectivity index (χ1v) is 11.6. The highest BCUT2D eigenvalue weighted by Crippen LogP contribution is 2.69. The van der Waals surface area contributed by atoms with Crippen LogP contribution in [0.25, 0.3) is 0 Å². The predicted molar refractivity (Wildman–Crippen MR) is 127 cm³/mol. The van der Waals surface area contributed by atoms with Gasteiger partial charge in [0.2, 0.25) is 0 Å². The SMILES string of the molecule is COC(=O)[C@H]1[C@@H](O)[C@@]2(O)c3c(C)cc(C)cc3O[C@@]2(c2ccc(Br)cc2)[C@@H]1c1ccccc1. The molecule has 3 aromatic carbocycles. The van der Waals surface area contributed by atoms with Gasteiger partial charge in [-0.1, -0.05) is 64.5 Å². The van der Waals surface area contributed by atoms with Crippen LogP contribution in [0.4, 0.5) is 0 Å². The fourth-order valence-electron chi connectivity index (χ4n) is 5.96. The Labute approximate surface area is 201 Å². The number of aliphatic hydroxyl groups excluding tert-OH is 1. The Hall–Kier alpha value is -2.67. The fraction of sp³-hybridized carbons (Fsp3) is 0.296. The monoisotopic (exact) mass is 508 g/mol. The van der Waals surface area contributed by atoms with Gasteiger partial charge in [0, 0.05) is 16.0 Å². The van der Waals surface area contributed by atoms with Gasteiger partial charge in [0.25, 0.3) is 0 Å². The minimum Gasteiger partial charge on any atom is -0.478 e. The first-order chi connectivity index (χ1) is 15.8. The van der Waals surface area contributed by atoms with E-state index >= 15 is 0 Å². The molecule has 0 amide bonds. The number of ether oxygens (including phenoxy) is 2. The fourth-order valence-corrected chi connectivity index (χ4v) is 6.22. The summed E-state index contributed by atoms with van der Waals surface area (Å²) < 4.78 is 12.7. The zero-order valence-corrected chi connectivity index (χ0v) is 20.2. The van der Waals surface area contributed by atoms with Crippen molar-refractivity contribution in [2.45, 2.75) is 37.1 Å². The standard InChI is InChI=1S/C27H25BrO5/c1-15-13-16(2)22-20(14-15)33-27(18-9-11-19(28)12-10-18)23(17-7-5-4-6-8-17)21(25(30)32-3)24(29)26(22,27)31/h4-14,21,23-24,29,31H,1-3H3/t21-,23-,24-,26+,27+/m1/s1. The Bertz CT molecular complexity index is 1230. The smallest absolute Gasteiger partial charge is 0.312 e. The topological polar surface area (TPSA) is 76.0 Å². The number of hydrogen-bond acceptors (Lipinski definition) is 5. The average Bonchev–Trinajstić information content (AvgIpc) is 3.17. The first-order valence-electron chi connectivity index (χ1n) is 10.9. The van der Waals surface area contributed by atoms with E-state index in [1.54, 1.807) is 0 Å². The van der Waals surface area contributed by atoms with E-state index in [9.17, 15) is 15.0 Å². The lowest BCUT2D eigenvalue weighted by atomic mass is 9.70. The van der Waals surface area contributed by atoms with E-state index in [0.717, 1.165) is 21.2 Å². The van der Waals surface area contributed by atoms with Crippen LogP contribution in [0.5, 0.6) is 5.75 Å². The van der Waals surface area contributed by atoms with Gasteiger partial charge in [0.05, 0.1) is 13.0 Å². The van der Waals surface area contributed by atoms with Crippen molar-refractivity contribution in [1.82, 2.24) is 0 Å². The van der Waals surface area contributed by atoms with Gasteiger partial charge in [-0.2, -0.15) is 0 Å². The lowest BCUT2D eigenvalue weighted by Gasteiger charge is -2.41. The molecule has 5 rings (SSSR count). The third-order valence-corrected chi connectivity index (χ3v) is 7.66. The Morgan fingerprint density at radius 1 is 1.06 bits per heavy atom. The quantitative estimate of drug-likeness (QED) is 0.509. The van der Waals surface area contributed by atoms with E-state index in [4.69, 9.17) is 9.47 Å². The molecule has 2 N–H and O–H groups in total. The van der Waals surface area contributed by atoms with Crippen LogP contribution < -0.4 is 4.74 Å². The predicted octanol–water partition coefficient (Wildman–Crippen LogP) is 4.49. The molecule has 3 aromatic rings. The minimum absolute atomic E-state index is 0.510. The van der Waals surface area contributed by atoms with Crippen LogP contribution >= 0.6 is 15.9 Å². The number of fused-ring (bicyclic) bond motifs is 3. The second kappa shape index (κ2) is 7.69. The highest BCUT2D eigenvalue weighted by molar-refractivity contribution is 9.10. The maximum atomic E-state index is 13.1. The number of aryl methyl sites for hydroxylation is 2. The molecule has 5 nitrogen and oxygen atoms in total. The van der Waals surface area contributed by atoms with Crippen molar-refractivity contribution in [1.29, 1.82) is 0 Å². The Morgan fingerprint density at radius 3 is 2.36 bits per heavy atom. The van der Waals surface area contributed by atoms with Gasteiger partial charge in [-0.25, -0.2) is 0 Å². The highest BCUT2D eigenvalue weighted by atomic mass is 79.9. The molecule has 0 radical (unpaired) electrons. The van der Waals surface area contributed by atoms with Gasteiger partial charge in [-0.15, -0.1) is 0 Å². The molecule has 1 aliphatic carbocycles. The van der Waals surface area contributed by atoms with Gasteiger partial charge in [0.1, 0.15) is 11.9 Å². The van der Waals surface area contributed by atoms with Crippen LogP contribution in [0.1, 0.15) is 33.7 Å². The summed E-state index contributed by atoms with van der Waals surface area (Å²) in [4.78, 5) is 13.1. The third kappa shape index (κ3) is 2.87. The molecule has 0 aromatic heterocycles. The second-order valence-electron chi connectivity index (χ2n) is 8.95. The molecule has 0 saturated heterocycles. The first kappa shape index (κ1) is 22.1. The van der Waals surface area contributed by atoms with Gasteiger partial charge in [0.15, 0.2) is 11.2 Å². The number of carbonyl (C=O) groups excluding carboxylic acids is 1. The van der Waals surface area contributed by atoms with E-state index in [1.807, 2.05) is 80.6 Å². The molecule has 170 valence electrons. The molecule has 0 bridgehead atoms. The number of rotatable bonds is 3. The summed E-state index contributed by atoms with van der Waals surface area (Å²) in [7, 11) is 1.30. The lowest BCUT2D eigenvalue weighted by molar-refractivity contribution is -0.161. The maximum Gasteiger partial charge on any atom is 0.312 e. The average molecular weight is 509 g/mol. The van der Waals surface area contributed by atoms with Gasteiger partial charge >= 0.3 is 5.97 Å². The number of esters is 1. The van der Waals surface area contributed by atoms with Crippen LogP contribution in [0.3, 0.4) is 0 Å². The normalized spacial score (nSPS) is 29.8. The molecular weight excluding hydrogens is 484 g/mol. The number of carbonyl (C=O) groups is 1. The summed E-state index contributed by atoms with van der Waals surface area (Å²) in [5.74, 6) is -1.83. The van der Waals surface area contributed by atoms with Crippen LogP contribution in [0.2, 0.25) is 0 Å². The molecule has 33 heavy (non-hydrogen) atoms. The van der Waals surface area contributed by atoms with Crippen LogP contribution in [0, 0.1) is 19.8 Å². The maximum absolute atomic E-state index is 13.1. The van der Waals surface area contributed by atoms with Crippen molar-refractivity contribution in [3.05, 3.63) is 99.0 Å². The number of methoxy groups -OCH3 is 1. The molecule has 1 heterocycles. The summed E-state index contributed by atoms with van der Waals surface area (Å²) >= 11 is 3.48. The van der Waals surface area contributed by atoms with Crippen molar-refractivity contribution in [2.24, 2.45) is 5.92 Å². The number of aliphatic hydroxyl groups is 2. The van der Waals surface area contributed by atoms with E-state index in [1.165, 1.54) is 7.11 Å². The van der Waals surface area contributed by atoms with Gasteiger partial charge in [-0.3, -0.25) is 4.79 Å². The van der Waals surface area contributed by atoms with Crippen molar-refractivity contribution in [3.8, 4) is 5.75 Å². The molecule has 1 fully saturated rings. The lowest BCUT2D eigenvalue weighted by Crippen LogP contribution is -2.52. The van der Waals surface area contributed by atoms with Crippen LogP contribution in [-0.4, -0.2) is 29.4 Å². The highest BCUT2D eigenvalue weighted by Gasteiger charge is 2.77. The minimum atomic E-state index is -1.88. The van der Waals surface area contributed by atoms with E-state index in [-0.39, 0.29) is 0 Å². The van der Waals surface area contributed by atoms with Crippen LogP contribution in [-0.2, 0) is 20.7 Å². The van der Waals surface area contributed by atoms with Crippen molar-refractivity contribution in [3.63, 3.8) is 0 Å². The van der Waals surface area contributed by atoms with E-state index in [2.05, 4.69) is 15.9 Å². The molecule has 0 spiro atoms. The molecule has 0 unspecified atom stereocenters. The molecular formula is C27H25BrO5. The molecule has 1 saturated carbocycles. The second-order valence-corrected chi connectivity index (χ2v) is 9.86.